The fraction of sp³-hybridized carbons (Fsp3) is 0.474. The molecular weight excluding hydrogens is 300 g/mol. The first kappa shape index (κ1) is 15.5. The van der Waals surface area contributed by atoms with Crippen LogP contribution in [0.4, 0.5) is 0 Å². The Kier molecular flexibility index (Phi) is 4.21. The van der Waals surface area contributed by atoms with Crippen LogP contribution >= 0.6 is 0 Å². The van der Waals surface area contributed by atoms with Crippen molar-refractivity contribution in [3.63, 3.8) is 0 Å². The van der Waals surface area contributed by atoms with Gasteiger partial charge in [0.25, 0.3) is 0 Å². The van der Waals surface area contributed by atoms with Gasteiger partial charge in [0.15, 0.2) is 0 Å². The highest BCUT2D eigenvalue weighted by Gasteiger charge is 2.41. The second kappa shape index (κ2) is 6.49. The summed E-state index contributed by atoms with van der Waals surface area (Å²) in [6.45, 7) is 3.63. The first-order valence-electron chi connectivity index (χ1n) is 8.80. The predicted octanol–water partition coefficient (Wildman–Crippen LogP) is 1.58. The molecule has 0 saturated carbocycles. The number of rotatable bonds is 3. The first-order chi connectivity index (χ1) is 11.7. The van der Waals surface area contributed by atoms with Crippen LogP contribution in [-0.2, 0) is 11.3 Å². The van der Waals surface area contributed by atoms with Crippen molar-refractivity contribution in [3.05, 3.63) is 42.1 Å². The minimum Gasteiger partial charge on any atom is -0.351 e. The Morgan fingerprint density at radius 3 is 3.00 bits per heavy atom. The summed E-state index contributed by atoms with van der Waals surface area (Å²) in [5, 5.41) is 11.0. The van der Waals surface area contributed by atoms with E-state index < -0.39 is 0 Å². The van der Waals surface area contributed by atoms with Crippen LogP contribution in [0.1, 0.15) is 24.8 Å². The van der Waals surface area contributed by atoms with Gasteiger partial charge in [0, 0.05) is 24.7 Å². The highest BCUT2D eigenvalue weighted by Crippen LogP contribution is 2.37. The van der Waals surface area contributed by atoms with Crippen LogP contribution in [0.2, 0.25) is 0 Å². The van der Waals surface area contributed by atoms with E-state index in [-0.39, 0.29) is 11.9 Å². The standard InChI is InChI=1S/C19H24N4O/c24-18(17-10-19(13-23-17)5-7-20-8-6-19)22-12-14-9-15-3-1-2-4-16(15)21-11-14/h1-4,9,11,17,20,23H,5-8,10,12-13H2,(H,22,24). The third-order valence-electron chi connectivity index (χ3n) is 5.46. The SMILES string of the molecule is O=C(NCc1cnc2ccccc2c1)C1CC2(CCNCC2)CN1. The lowest BCUT2D eigenvalue weighted by molar-refractivity contribution is -0.123. The van der Waals surface area contributed by atoms with E-state index in [0.717, 1.165) is 42.5 Å². The molecule has 1 aromatic heterocycles. The van der Waals surface area contributed by atoms with Crippen LogP contribution in [0.25, 0.3) is 10.9 Å². The molecule has 2 aliphatic heterocycles. The van der Waals surface area contributed by atoms with Crippen molar-refractivity contribution in [2.75, 3.05) is 19.6 Å². The Bertz CT molecular complexity index is 739. The number of aromatic nitrogens is 1. The van der Waals surface area contributed by atoms with Crippen LogP contribution in [-0.4, -0.2) is 36.6 Å². The van der Waals surface area contributed by atoms with Crippen molar-refractivity contribution in [2.24, 2.45) is 5.41 Å². The second-order valence-corrected chi connectivity index (χ2v) is 7.14. The highest BCUT2D eigenvalue weighted by atomic mass is 16.2. The van der Waals surface area contributed by atoms with Crippen molar-refractivity contribution in [1.29, 1.82) is 0 Å². The molecule has 1 amide bonds. The normalized spacial score (nSPS) is 22.8. The van der Waals surface area contributed by atoms with Gasteiger partial charge < -0.3 is 16.0 Å². The monoisotopic (exact) mass is 324 g/mol. The van der Waals surface area contributed by atoms with Crippen molar-refractivity contribution in [2.45, 2.75) is 31.8 Å². The highest BCUT2D eigenvalue weighted by molar-refractivity contribution is 5.82. The van der Waals surface area contributed by atoms with Crippen LogP contribution in [0.3, 0.4) is 0 Å². The zero-order valence-electron chi connectivity index (χ0n) is 13.8. The topological polar surface area (TPSA) is 66.0 Å². The van der Waals surface area contributed by atoms with E-state index in [1.807, 2.05) is 30.5 Å². The van der Waals surface area contributed by atoms with Gasteiger partial charge in [-0.1, -0.05) is 18.2 Å². The summed E-state index contributed by atoms with van der Waals surface area (Å²) in [7, 11) is 0. The lowest BCUT2D eigenvalue weighted by Gasteiger charge is -2.33. The molecule has 4 rings (SSSR count). The summed E-state index contributed by atoms with van der Waals surface area (Å²) in [5.41, 5.74) is 2.34. The zero-order chi connectivity index (χ0) is 16.4. The maximum atomic E-state index is 12.5. The van der Waals surface area contributed by atoms with Gasteiger partial charge in [0.05, 0.1) is 11.6 Å². The van der Waals surface area contributed by atoms with E-state index in [2.05, 4.69) is 27.0 Å². The van der Waals surface area contributed by atoms with E-state index in [9.17, 15) is 4.79 Å². The molecular formula is C19H24N4O. The van der Waals surface area contributed by atoms with Gasteiger partial charge in [-0.2, -0.15) is 0 Å². The number of benzene rings is 1. The number of hydrogen-bond acceptors (Lipinski definition) is 4. The summed E-state index contributed by atoms with van der Waals surface area (Å²) in [4.78, 5) is 16.9. The zero-order valence-corrected chi connectivity index (χ0v) is 13.8. The third kappa shape index (κ3) is 3.14. The smallest absolute Gasteiger partial charge is 0.237 e. The molecule has 1 aromatic carbocycles. The van der Waals surface area contributed by atoms with Crippen LogP contribution in [0.5, 0.6) is 0 Å². The summed E-state index contributed by atoms with van der Waals surface area (Å²) in [6.07, 6.45) is 5.13. The number of pyridine rings is 1. The molecule has 2 aliphatic rings. The first-order valence-corrected chi connectivity index (χ1v) is 8.80. The van der Waals surface area contributed by atoms with Gasteiger partial charge in [0.2, 0.25) is 5.91 Å². The molecule has 0 radical (unpaired) electrons. The Balaban J connectivity index is 1.36. The quantitative estimate of drug-likeness (QED) is 0.802. The number of fused-ring (bicyclic) bond motifs is 1. The van der Waals surface area contributed by atoms with Crippen molar-refractivity contribution >= 4 is 16.8 Å². The number of para-hydroxylation sites is 1. The van der Waals surface area contributed by atoms with Gasteiger partial charge in [-0.15, -0.1) is 0 Å². The Morgan fingerprint density at radius 1 is 1.29 bits per heavy atom. The molecule has 2 fully saturated rings. The molecule has 5 nitrogen and oxygen atoms in total. The van der Waals surface area contributed by atoms with Gasteiger partial charge in [-0.3, -0.25) is 9.78 Å². The number of carbonyl (C=O) groups excluding carboxylic acids is 1. The molecule has 2 aromatic rings. The van der Waals surface area contributed by atoms with Gasteiger partial charge in [0.1, 0.15) is 0 Å². The molecule has 1 atom stereocenters. The molecule has 0 aliphatic carbocycles. The van der Waals surface area contributed by atoms with E-state index in [4.69, 9.17) is 0 Å². The second-order valence-electron chi connectivity index (χ2n) is 7.14. The Labute approximate surface area is 142 Å². The number of carbonyl (C=O) groups is 1. The van der Waals surface area contributed by atoms with E-state index in [1.54, 1.807) is 0 Å². The maximum Gasteiger partial charge on any atom is 0.237 e. The summed E-state index contributed by atoms with van der Waals surface area (Å²) < 4.78 is 0. The van der Waals surface area contributed by atoms with E-state index in [1.165, 1.54) is 12.8 Å². The summed E-state index contributed by atoms with van der Waals surface area (Å²) in [6, 6.07) is 10.1. The maximum absolute atomic E-state index is 12.5. The van der Waals surface area contributed by atoms with E-state index in [0.29, 0.717) is 12.0 Å². The van der Waals surface area contributed by atoms with Crippen LogP contribution in [0, 0.1) is 5.41 Å². The molecule has 2 saturated heterocycles. The molecule has 1 spiro atoms. The largest absolute Gasteiger partial charge is 0.351 e. The minimum absolute atomic E-state index is 0.0588. The predicted molar refractivity (Wildman–Crippen MR) is 94.5 cm³/mol. The lowest BCUT2D eigenvalue weighted by atomic mass is 9.77. The van der Waals surface area contributed by atoms with Crippen molar-refractivity contribution in [3.8, 4) is 0 Å². The van der Waals surface area contributed by atoms with Crippen LogP contribution < -0.4 is 16.0 Å². The molecule has 1 unspecified atom stereocenters. The van der Waals surface area contributed by atoms with Crippen LogP contribution in [0.15, 0.2) is 36.5 Å². The molecule has 3 heterocycles. The number of nitrogens with zero attached hydrogens (tertiary/aromatic N) is 1. The Hall–Kier alpha value is -1.98. The van der Waals surface area contributed by atoms with Crippen molar-refractivity contribution < 1.29 is 4.79 Å². The third-order valence-corrected chi connectivity index (χ3v) is 5.46. The van der Waals surface area contributed by atoms with Gasteiger partial charge in [-0.05, 0) is 55.5 Å². The fourth-order valence-electron chi connectivity index (χ4n) is 3.97. The van der Waals surface area contributed by atoms with Gasteiger partial charge >= 0.3 is 0 Å². The molecule has 24 heavy (non-hydrogen) atoms. The van der Waals surface area contributed by atoms with Gasteiger partial charge in [-0.25, -0.2) is 0 Å². The average Bonchev–Trinajstić information content (AvgIpc) is 3.03. The average molecular weight is 324 g/mol. The summed E-state index contributed by atoms with van der Waals surface area (Å²) in [5.74, 6) is 0.110. The number of piperidine rings is 1. The Morgan fingerprint density at radius 2 is 2.12 bits per heavy atom. The molecule has 5 heteroatoms. The minimum atomic E-state index is -0.0588. The lowest BCUT2D eigenvalue weighted by Crippen LogP contribution is -2.40. The summed E-state index contributed by atoms with van der Waals surface area (Å²) >= 11 is 0. The molecule has 126 valence electrons. The van der Waals surface area contributed by atoms with E-state index >= 15 is 0 Å². The molecule has 3 N–H and O–H groups in total. The number of amides is 1. The number of hydrogen-bond donors (Lipinski definition) is 3. The fourth-order valence-corrected chi connectivity index (χ4v) is 3.97. The number of nitrogens with one attached hydrogen (secondary N) is 3. The van der Waals surface area contributed by atoms with Crippen molar-refractivity contribution in [1.82, 2.24) is 20.9 Å². The molecule has 0 bridgehead atoms.